The van der Waals surface area contributed by atoms with E-state index in [0.29, 0.717) is 6.07 Å². The van der Waals surface area contributed by atoms with Gasteiger partial charge < -0.3 is 15.0 Å². The number of alkyl halides is 3. The molecule has 0 saturated heterocycles. The Morgan fingerprint density at radius 3 is 2.53 bits per heavy atom. The summed E-state index contributed by atoms with van der Waals surface area (Å²) in [6.45, 7) is 3.01. The lowest BCUT2D eigenvalue weighted by atomic mass is 10.0. The van der Waals surface area contributed by atoms with Gasteiger partial charge in [-0.3, -0.25) is 14.9 Å². The second kappa shape index (κ2) is 8.24. The van der Waals surface area contributed by atoms with E-state index in [-0.39, 0.29) is 33.8 Å². The Morgan fingerprint density at radius 2 is 1.94 bits per heavy atom. The van der Waals surface area contributed by atoms with Crippen molar-refractivity contribution < 1.29 is 27.6 Å². The molecule has 1 atom stereocenters. The molecule has 0 saturated carbocycles. The number of nitro groups is 1. The molecule has 0 aliphatic rings. The van der Waals surface area contributed by atoms with Crippen LogP contribution in [0.4, 0.5) is 24.7 Å². The second-order valence-corrected chi connectivity index (χ2v) is 6.82. The maximum atomic E-state index is 13.2. The normalized spacial score (nSPS) is 12.4. The molecule has 0 aliphatic carbocycles. The molecule has 0 amide bonds. The van der Waals surface area contributed by atoms with Crippen LogP contribution in [0, 0.1) is 17.0 Å². The third kappa shape index (κ3) is 4.50. The van der Waals surface area contributed by atoms with Crippen LogP contribution < -0.4 is 10.9 Å². The minimum absolute atomic E-state index is 0.0199. The molecule has 0 unspecified atom stereocenters. The number of carbonyl (C=O) groups is 1. The van der Waals surface area contributed by atoms with E-state index in [1.54, 1.807) is 0 Å². The summed E-state index contributed by atoms with van der Waals surface area (Å²) >= 11 is 0. The van der Waals surface area contributed by atoms with Crippen LogP contribution in [0.5, 0.6) is 0 Å². The first-order chi connectivity index (χ1) is 14.9. The molecule has 3 aromatic rings. The van der Waals surface area contributed by atoms with Crippen LogP contribution in [-0.4, -0.2) is 33.0 Å². The van der Waals surface area contributed by atoms with Gasteiger partial charge in [0.05, 0.1) is 29.0 Å². The van der Waals surface area contributed by atoms with Crippen molar-refractivity contribution in [1.82, 2.24) is 15.0 Å². The third-order valence-electron chi connectivity index (χ3n) is 4.56. The molecule has 13 heteroatoms. The van der Waals surface area contributed by atoms with Gasteiger partial charge in [-0.1, -0.05) is 0 Å². The molecule has 168 valence electrons. The number of aromatic amines is 1. The zero-order valence-electron chi connectivity index (χ0n) is 16.9. The van der Waals surface area contributed by atoms with Crippen molar-refractivity contribution in [3.63, 3.8) is 0 Å². The van der Waals surface area contributed by atoms with E-state index in [1.165, 1.54) is 19.9 Å². The predicted molar refractivity (Wildman–Crippen MR) is 106 cm³/mol. The molecule has 3 rings (SSSR count). The molecule has 0 radical (unpaired) electrons. The summed E-state index contributed by atoms with van der Waals surface area (Å²) in [5, 5.41) is 14.2. The summed E-state index contributed by atoms with van der Waals surface area (Å²) < 4.78 is 44.2. The van der Waals surface area contributed by atoms with E-state index in [2.05, 4.69) is 25.0 Å². The van der Waals surface area contributed by atoms with Crippen LogP contribution in [-0.2, 0) is 10.9 Å². The van der Waals surface area contributed by atoms with E-state index in [9.17, 15) is 32.9 Å². The number of esters is 1. The number of aromatic nitrogens is 3. The number of nitrogens with zero attached hydrogens (tertiary/aromatic N) is 3. The fraction of sp³-hybridized carbons (Fsp3) is 0.263. The van der Waals surface area contributed by atoms with Crippen LogP contribution in [0.1, 0.15) is 40.3 Å². The Kier molecular flexibility index (Phi) is 5.84. The number of hydrogen-bond donors (Lipinski definition) is 2. The van der Waals surface area contributed by atoms with Gasteiger partial charge in [0.25, 0.3) is 11.2 Å². The SMILES string of the molecule is COC(=O)c1cc2c(N[C@H](C)c3cc([N+](=O)[O-])cc(C(F)(F)F)c3)nc(C)nc2[nH]c1=O. The first-order valence-corrected chi connectivity index (χ1v) is 9.03. The van der Waals surface area contributed by atoms with Crippen molar-refractivity contribution in [1.29, 1.82) is 0 Å². The van der Waals surface area contributed by atoms with Gasteiger partial charge in [0.15, 0.2) is 0 Å². The van der Waals surface area contributed by atoms with Crippen molar-refractivity contribution in [2.45, 2.75) is 26.1 Å². The highest BCUT2D eigenvalue weighted by Crippen LogP contribution is 2.35. The summed E-state index contributed by atoms with van der Waals surface area (Å²) in [6, 6.07) is 2.59. The molecule has 0 fully saturated rings. The van der Waals surface area contributed by atoms with E-state index in [1.807, 2.05) is 0 Å². The lowest BCUT2D eigenvalue weighted by Gasteiger charge is -2.18. The van der Waals surface area contributed by atoms with Gasteiger partial charge in [0, 0.05) is 12.1 Å². The predicted octanol–water partition coefficient (Wildman–Crippen LogP) is 3.51. The van der Waals surface area contributed by atoms with Crippen LogP contribution in [0.25, 0.3) is 11.0 Å². The molecule has 2 aromatic heterocycles. The minimum atomic E-state index is -4.78. The number of halogens is 3. The molecule has 0 spiro atoms. The average molecular weight is 451 g/mol. The highest BCUT2D eigenvalue weighted by molar-refractivity contribution is 5.96. The molecule has 32 heavy (non-hydrogen) atoms. The smallest absolute Gasteiger partial charge is 0.416 e. The number of carbonyl (C=O) groups excluding carboxylic acids is 1. The Balaban J connectivity index is 2.11. The van der Waals surface area contributed by atoms with Crippen molar-refractivity contribution in [2.24, 2.45) is 0 Å². The van der Waals surface area contributed by atoms with E-state index in [0.717, 1.165) is 19.2 Å². The lowest BCUT2D eigenvalue weighted by molar-refractivity contribution is -0.385. The molecule has 10 nitrogen and oxygen atoms in total. The first-order valence-electron chi connectivity index (χ1n) is 9.03. The van der Waals surface area contributed by atoms with E-state index in [4.69, 9.17) is 0 Å². The number of hydrogen-bond acceptors (Lipinski definition) is 8. The van der Waals surface area contributed by atoms with Crippen LogP contribution in [0.3, 0.4) is 0 Å². The highest BCUT2D eigenvalue weighted by atomic mass is 19.4. The number of rotatable bonds is 5. The quantitative estimate of drug-likeness (QED) is 0.341. The average Bonchev–Trinajstić information content (AvgIpc) is 2.71. The maximum Gasteiger partial charge on any atom is 0.416 e. The van der Waals surface area contributed by atoms with Gasteiger partial charge in [-0.05, 0) is 31.5 Å². The summed E-state index contributed by atoms with van der Waals surface area (Å²) in [7, 11) is 1.10. The van der Waals surface area contributed by atoms with Crippen molar-refractivity contribution in [3.8, 4) is 0 Å². The van der Waals surface area contributed by atoms with Crippen LogP contribution in [0.15, 0.2) is 29.1 Å². The zero-order chi connectivity index (χ0) is 23.8. The number of pyridine rings is 1. The first kappa shape index (κ1) is 22.7. The van der Waals surface area contributed by atoms with E-state index < -0.39 is 39.9 Å². The minimum Gasteiger partial charge on any atom is -0.465 e. The molecule has 0 aliphatic heterocycles. The number of nitro benzene ring substituents is 1. The Morgan fingerprint density at radius 1 is 1.25 bits per heavy atom. The summed E-state index contributed by atoms with van der Waals surface area (Å²) in [5.41, 5.74) is -2.89. The third-order valence-corrected chi connectivity index (χ3v) is 4.56. The number of fused-ring (bicyclic) bond motifs is 1. The lowest BCUT2D eigenvalue weighted by Crippen LogP contribution is -2.20. The number of benzene rings is 1. The molecule has 1 aromatic carbocycles. The monoisotopic (exact) mass is 451 g/mol. The number of aryl methyl sites for hydroxylation is 1. The number of non-ortho nitro benzene ring substituents is 1. The number of ether oxygens (including phenoxy) is 1. The summed E-state index contributed by atoms with van der Waals surface area (Å²) in [6.07, 6.45) is -4.78. The van der Waals surface area contributed by atoms with Crippen molar-refractivity contribution in [2.75, 3.05) is 12.4 Å². The number of H-pyrrole nitrogens is 1. The topological polar surface area (TPSA) is 140 Å². The fourth-order valence-electron chi connectivity index (χ4n) is 3.01. The Labute approximate surface area is 177 Å². The van der Waals surface area contributed by atoms with Gasteiger partial charge in [-0.15, -0.1) is 0 Å². The largest absolute Gasteiger partial charge is 0.465 e. The molecule has 2 N–H and O–H groups in total. The standard InChI is InChI=1S/C19H16F3N5O5/c1-8(10-4-11(19(20,21)22)6-12(5-10)27(30)31)23-15-13-7-14(18(29)32-3)17(28)26-16(13)25-9(2)24-15/h4-8H,1-3H3,(H2,23,24,25,26,28)/t8-/m1/s1. The van der Waals surface area contributed by atoms with E-state index >= 15 is 0 Å². The van der Waals surface area contributed by atoms with Crippen LogP contribution in [0.2, 0.25) is 0 Å². The van der Waals surface area contributed by atoms with Crippen molar-refractivity contribution in [3.05, 3.63) is 67.2 Å². The molecule has 2 heterocycles. The fourth-order valence-corrected chi connectivity index (χ4v) is 3.01. The van der Waals surface area contributed by atoms with Gasteiger partial charge in [0.1, 0.15) is 22.9 Å². The number of nitrogens with one attached hydrogen (secondary N) is 2. The Bertz CT molecular complexity index is 1290. The second-order valence-electron chi connectivity index (χ2n) is 6.82. The highest BCUT2D eigenvalue weighted by Gasteiger charge is 2.33. The van der Waals surface area contributed by atoms with Crippen LogP contribution >= 0.6 is 0 Å². The maximum absolute atomic E-state index is 13.2. The summed E-state index contributed by atoms with van der Waals surface area (Å²) in [4.78, 5) is 44.9. The Hall–Kier alpha value is -4.03. The van der Waals surface area contributed by atoms with Gasteiger partial charge >= 0.3 is 12.1 Å². The molecular weight excluding hydrogens is 435 g/mol. The summed E-state index contributed by atoms with van der Waals surface area (Å²) in [5.74, 6) is -0.577. The number of anilines is 1. The number of methoxy groups -OCH3 is 1. The molecular formula is C19H16F3N5O5. The van der Waals surface area contributed by atoms with Crippen molar-refractivity contribution >= 4 is 28.5 Å². The van der Waals surface area contributed by atoms with Gasteiger partial charge in [-0.25, -0.2) is 14.8 Å². The molecule has 0 bridgehead atoms. The van der Waals surface area contributed by atoms with Gasteiger partial charge in [-0.2, -0.15) is 13.2 Å². The zero-order valence-corrected chi connectivity index (χ0v) is 16.9. The van der Waals surface area contributed by atoms with Gasteiger partial charge in [0.2, 0.25) is 0 Å².